The molecule has 2 aromatic heterocycles. The van der Waals surface area contributed by atoms with E-state index in [1.54, 1.807) is 70.2 Å². The van der Waals surface area contributed by atoms with Crippen LogP contribution in [0.1, 0.15) is 49.9 Å². The fourth-order valence-corrected chi connectivity index (χ4v) is 6.56. The van der Waals surface area contributed by atoms with Crippen LogP contribution in [0.3, 0.4) is 0 Å². The number of nitrogens with zero attached hydrogens (tertiary/aromatic N) is 3. The molecule has 0 aliphatic carbocycles. The summed E-state index contributed by atoms with van der Waals surface area (Å²) < 4.78 is 30.0. The Morgan fingerprint density at radius 2 is 1.70 bits per heavy atom. The fraction of sp³-hybridized carbons (Fsp3) is 0.188. The van der Waals surface area contributed by atoms with Gasteiger partial charge in [-0.15, -0.1) is 0 Å². The molecule has 1 atom stereocenters. The number of sulfonamides is 1. The van der Waals surface area contributed by atoms with Gasteiger partial charge < -0.3 is 11.1 Å². The first-order chi connectivity index (χ1) is 20.7. The van der Waals surface area contributed by atoms with Gasteiger partial charge in [0.1, 0.15) is 0 Å². The van der Waals surface area contributed by atoms with E-state index in [-0.39, 0.29) is 27.7 Å². The molecule has 0 unspecified atom stereocenters. The van der Waals surface area contributed by atoms with Crippen molar-refractivity contribution in [3.63, 3.8) is 0 Å². The van der Waals surface area contributed by atoms with Crippen molar-refractivity contribution in [2.45, 2.75) is 44.2 Å². The number of para-hydroxylation sites is 1. The molecule has 5 rings (SSSR count). The number of nitrogens with one attached hydrogen (secondary N) is 2. The molecule has 0 radical (unpaired) electrons. The zero-order valence-corrected chi connectivity index (χ0v) is 26.1. The smallest absolute Gasteiger partial charge is 0.274 e. The van der Waals surface area contributed by atoms with Gasteiger partial charge in [-0.05, 0) is 69.5 Å². The van der Waals surface area contributed by atoms with Gasteiger partial charge in [0.05, 0.1) is 33.2 Å². The standard InChI is InChI=1S/C32H31ClN6O4S/c1-19(26-17-21-11-9-15-24(33)27(21)31(41)39(26)22-12-6-5-7-13-22)36-30(40)28-29(34)35-18-25(37-28)20-10-8-14-23(16-20)44(42,43)38-32(2,3)4/h5-19,38H,1-4H3,(H2,34,35)(H,36,40)/t19-/m0/s1. The molecule has 10 nitrogen and oxygen atoms in total. The largest absolute Gasteiger partial charge is 0.382 e. The number of hydrogen-bond donors (Lipinski definition) is 3. The van der Waals surface area contributed by atoms with Gasteiger partial charge in [0.25, 0.3) is 11.5 Å². The van der Waals surface area contributed by atoms with Crippen LogP contribution in [-0.4, -0.2) is 34.4 Å². The number of nitrogen functional groups attached to an aromatic ring is 1. The van der Waals surface area contributed by atoms with Crippen molar-refractivity contribution in [2.75, 3.05) is 5.73 Å². The van der Waals surface area contributed by atoms with Gasteiger partial charge in [0.2, 0.25) is 10.0 Å². The quantitative estimate of drug-likeness (QED) is 0.222. The Morgan fingerprint density at radius 3 is 2.41 bits per heavy atom. The Balaban J connectivity index is 1.51. The Kier molecular flexibility index (Phi) is 8.30. The predicted molar refractivity (Wildman–Crippen MR) is 172 cm³/mol. The molecule has 44 heavy (non-hydrogen) atoms. The van der Waals surface area contributed by atoms with E-state index in [1.807, 2.05) is 24.3 Å². The summed E-state index contributed by atoms with van der Waals surface area (Å²) in [5.74, 6) is -0.733. The van der Waals surface area contributed by atoms with E-state index < -0.39 is 27.5 Å². The molecule has 0 fully saturated rings. The van der Waals surface area contributed by atoms with Gasteiger partial charge >= 0.3 is 0 Å². The van der Waals surface area contributed by atoms with Crippen molar-refractivity contribution in [3.8, 4) is 16.9 Å². The lowest BCUT2D eigenvalue weighted by Gasteiger charge is -2.21. The summed E-state index contributed by atoms with van der Waals surface area (Å²) in [6.45, 7) is 6.99. The van der Waals surface area contributed by atoms with Crippen LogP contribution >= 0.6 is 11.6 Å². The third kappa shape index (κ3) is 6.35. The molecule has 0 saturated heterocycles. The molecule has 4 N–H and O–H groups in total. The third-order valence-corrected chi connectivity index (χ3v) is 8.80. The molecule has 3 aromatic carbocycles. The summed E-state index contributed by atoms with van der Waals surface area (Å²) in [5, 5.41) is 4.21. The first-order valence-electron chi connectivity index (χ1n) is 13.7. The van der Waals surface area contributed by atoms with Crippen LogP contribution in [0, 0.1) is 0 Å². The first-order valence-corrected chi connectivity index (χ1v) is 15.6. The topological polar surface area (TPSA) is 149 Å². The summed E-state index contributed by atoms with van der Waals surface area (Å²) in [6, 6.07) is 21.6. The van der Waals surface area contributed by atoms with E-state index in [1.165, 1.54) is 22.9 Å². The minimum Gasteiger partial charge on any atom is -0.382 e. The average Bonchev–Trinajstić information content (AvgIpc) is 2.96. The van der Waals surface area contributed by atoms with E-state index in [0.29, 0.717) is 32.7 Å². The van der Waals surface area contributed by atoms with Crippen molar-refractivity contribution in [1.82, 2.24) is 24.6 Å². The van der Waals surface area contributed by atoms with E-state index >= 15 is 0 Å². The maximum absolute atomic E-state index is 13.7. The monoisotopic (exact) mass is 630 g/mol. The predicted octanol–water partition coefficient (Wildman–Crippen LogP) is 5.25. The van der Waals surface area contributed by atoms with Gasteiger partial charge in [-0.3, -0.25) is 14.2 Å². The van der Waals surface area contributed by atoms with Crippen LogP contribution in [0.15, 0.2) is 94.7 Å². The Labute approximate surface area is 260 Å². The van der Waals surface area contributed by atoms with Crippen LogP contribution in [0.5, 0.6) is 0 Å². The highest BCUT2D eigenvalue weighted by molar-refractivity contribution is 7.89. The number of carbonyl (C=O) groups is 1. The fourth-order valence-electron chi connectivity index (χ4n) is 4.83. The number of aromatic nitrogens is 3. The SMILES string of the molecule is C[C@H](NC(=O)c1nc(-c2cccc(S(=O)(=O)NC(C)(C)C)c2)cnc1N)c1cc2cccc(Cl)c2c(=O)n1-c1ccccc1. The maximum Gasteiger partial charge on any atom is 0.274 e. The van der Waals surface area contributed by atoms with Crippen molar-refractivity contribution >= 4 is 44.1 Å². The zero-order valence-electron chi connectivity index (χ0n) is 24.5. The van der Waals surface area contributed by atoms with Crippen molar-refractivity contribution in [3.05, 3.63) is 112 Å². The summed E-state index contributed by atoms with van der Waals surface area (Å²) in [5.41, 5.74) is 6.73. The molecule has 0 aliphatic heterocycles. The highest BCUT2D eigenvalue weighted by atomic mass is 35.5. The number of rotatable bonds is 7. The maximum atomic E-state index is 13.7. The van der Waals surface area contributed by atoms with Crippen LogP contribution in [0.4, 0.5) is 5.82 Å². The molecular formula is C32H31ClN6O4S. The number of fused-ring (bicyclic) bond motifs is 1. The first kappa shape index (κ1) is 30.9. The average molecular weight is 631 g/mol. The molecule has 0 saturated carbocycles. The van der Waals surface area contributed by atoms with Crippen molar-refractivity contribution in [1.29, 1.82) is 0 Å². The minimum absolute atomic E-state index is 0.0402. The molecule has 1 amide bonds. The lowest BCUT2D eigenvalue weighted by molar-refractivity contribution is 0.0934. The second-order valence-corrected chi connectivity index (χ2v) is 13.4. The third-order valence-electron chi connectivity index (χ3n) is 6.73. The van der Waals surface area contributed by atoms with Crippen LogP contribution in [-0.2, 0) is 10.0 Å². The molecule has 0 aliphatic rings. The molecule has 0 spiro atoms. The lowest BCUT2D eigenvalue weighted by Crippen LogP contribution is -2.40. The zero-order chi connectivity index (χ0) is 31.8. The number of hydrogen-bond acceptors (Lipinski definition) is 7. The number of anilines is 1. The highest BCUT2D eigenvalue weighted by Crippen LogP contribution is 2.27. The minimum atomic E-state index is -3.82. The molecular weight excluding hydrogens is 600 g/mol. The van der Waals surface area contributed by atoms with Crippen LogP contribution < -0.4 is 21.3 Å². The molecule has 12 heteroatoms. The van der Waals surface area contributed by atoms with Gasteiger partial charge in [0.15, 0.2) is 11.5 Å². The van der Waals surface area contributed by atoms with Crippen LogP contribution in [0.25, 0.3) is 27.7 Å². The molecule has 226 valence electrons. The van der Waals surface area contributed by atoms with Crippen molar-refractivity contribution in [2.24, 2.45) is 0 Å². The van der Waals surface area contributed by atoms with Crippen LogP contribution in [0.2, 0.25) is 5.02 Å². The molecule has 5 aromatic rings. The lowest BCUT2D eigenvalue weighted by atomic mass is 10.1. The number of nitrogens with two attached hydrogens (primary N) is 1. The number of amides is 1. The van der Waals surface area contributed by atoms with Gasteiger partial charge in [-0.25, -0.2) is 23.1 Å². The number of halogens is 1. The number of benzene rings is 3. The van der Waals surface area contributed by atoms with Gasteiger partial charge in [0, 0.05) is 22.5 Å². The summed E-state index contributed by atoms with van der Waals surface area (Å²) in [4.78, 5) is 35.9. The number of carbonyl (C=O) groups excluding carboxylic acids is 1. The van der Waals surface area contributed by atoms with E-state index in [0.717, 1.165) is 0 Å². The second-order valence-electron chi connectivity index (χ2n) is 11.3. The summed E-state index contributed by atoms with van der Waals surface area (Å²) >= 11 is 6.41. The molecule has 2 heterocycles. The van der Waals surface area contributed by atoms with E-state index in [2.05, 4.69) is 20.0 Å². The highest BCUT2D eigenvalue weighted by Gasteiger charge is 2.24. The Morgan fingerprint density at radius 1 is 1.00 bits per heavy atom. The second kappa shape index (κ2) is 11.8. The summed E-state index contributed by atoms with van der Waals surface area (Å²) in [7, 11) is -3.82. The van der Waals surface area contributed by atoms with E-state index in [4.69, 9.17) is 17.3 Å². The Bertz CT molecular complexity index is 2060. The van der Waals surface area contributed by atoms with E-state index in [9.17, 15) is 18.0 Å². The van der Waals surface area contributed by atoms with Gasteiger partial charge in [-0.2, -0.15) is 0 Å². The Hall–Kier alpha value is -4.58. The number of pyridine rings is 1. The normalized spacial score (nSPS) is 12.7. The summed E-state index contributed by atoms with van der Waals surface area (Å²) in [6.07, 6.45) is 1.37. The van der Waals surface area contributed by atoms with Gasteiger partial charge in [-0.1, -0.05) is 54.1 Å². The molecule has 0 bridgehead atoms. The van der Waals surface area contributed by atoms with Crippen molar-refractivity contribution < 1.29 is 13.2 Å².